The van der Waals surface area contributed by atoms with Gasteiger partial charge in [0.15, 0.2) is 0 Å². The lowest BCUT2D eigenvalue weighted by molar-refractivity contribution is -0.121. The van der Waals surface area contributed by atoms with Crippen molar-refractivity contribution in [3.8, 4) is 5.75 Å². The average molecular weight is 349 g/mol. The van der Waals surface area contributed by atoms with Crippen LogP contribution in [0.5, 0.6) is 5.75 Å². The molecule has 0 radical (unpaired) electrons. The standard InChI is InChI=1S/C15H19N5O3S/c1-2-23-12-5-3-10(4-6-12)7-11(13(16)21)8-17-14(22)19-15-20-18-9-24-15/h3-6,9,11H,2,7-8H2,1H3,(H2,16,21)(H2,17,19,20,22)/t11-/m0/s1. The van der Waals surface area contributed by atoms with Gasteiger partial charge in [0.25, 0.3) is 0 Å². The molecule has 0 saturated heterocycles. The minimum atomic E-state index is -0.511. The van der Waals surface area contributed by atoms with Crippen LogP contribution in [0.3, 0.4) is 0 Å². The van der Waals surface area contributed by atoms with Gasteiger partial charge in [-0.3, -0.25) is 10.1 Å². The minimum absolute atomic E-state index is 0.132. The number of aromatic nitrogens is 2. The Morgan fingerprint density at radius 3 is 2.67 bits per heavy atom. The number of nitrogens with two attached hydrogens (primary N) is 1. The first-order valence-corrected chi connectivity index (χ1v) is 8.28. The first-order valence-electron chi connectivity index (χ1n) is 7.40. The van der Waals surface area contributed by atoms with Gasteiger partial charge in [-0.25, -0.2) is 4.79 Å². The van der Waals surface area contributed by atoms with Crippen molar-refractivity contribution in [1.82, 2.24) is 15.5 Å². The summed E-state index contributed by atoms with van der Waals surface area (Å²) in [7, 11) is 0. The van der Waals surface area contributed by atoms with Crippen LogP contribution in [0.1, 0.15) is 12.5 Å². The molecule has 2 rings (SSSR count). The molecule has 0 unspecified atom stereocenters. The number of hydrogen-bond acceptors (Lipinski definition) is 6. The number of hydrogen-bond donors (Lipinski definition) is 3. The SMILES string of the molecule is CCOc1ccc(C[C@@H](CNC(=O)Nc2nncs2)C(N)=O)cc1. The van der Waals surface area contributed by atoms with Gasteiger partial charge in [-0.15, -0.1) is 10.2 Å². The normalized spacial score (nSPS) is 11.5. The fourth-order valence-corrected chi connectivity index (χ4v) is 2.47. The highest BCUT2D eigenvalue weighted by atomic mass is 32.1. The average Bonchev–Trinajstić information content (AvgIpc) is 3.06. The van der Waals surface area contributed by atoms with Gasteiger partial charge in [-0.1, -0.05) is 23.5 Å². The molecule has 0 fully saturated rings. The Bertz CT molecular complexity index is 660. The number of carbonyl (C=O) groups excluding carboxylic acids is 2. The number of benzene rings is 1. The highest BCUT2D eigenvalue weighted by molar-refractivity contribution is 7.13. The zero-order chi connectivity index (χ0) is 17.4. The lowest BCUT2D eigenvalue weighted by Gasteiger charge is -2.15. The number of rotatable bonds is 8. The summed E-state index contributed by atoms with van der Waals surface area (Å²) in [5.41, 5.74) is 7.87. The van der Waals surface area contributed by atoms with Crippen LogP contribution in [-0.4, -0.2) is 35.3 Å². The Kier molecular flexibility index (Phi) is 6.50. The molecular weight excluding hydrogens is 330 g/mol. The Balaban J connectivity index is 1.87. The van der Waals surface area contributed by atoms with Crippen molar-refractivity contribution in [2.24, 2.45) is 11.7 Å². The second kappa shape index (κ2) is 8.82. The number of urea groups is 1. The van der Waals surface area contributed by atoms with E-state index in [1.807, 2.05) is 31.2 Å². The van der Waals surface area contributed by atoms with Gasteiger partial charge >= 0.3 is 6.03 Å². The molecule has 0 saturated carbocycles. The first-order chi connectivity index (χ1) is 11.6. The van der Waals surface area contributed by atoms with Crippen molar-refractivity contribution in [2.75, 3.05) is 18.5 Å². The topological polar surface area (TPSA) is 119 Å². The molecule has 8 nitrogen and oxygen atoms in total. The fourth-order valence-electron chi connectivity index (χ4n) is 2.03. The van der Waals surface area contributed by atoms with E-state index >= 15 is 0 Å². The van der Waals surface area contributed by atoms with Crippen molar-refractivity contribution >= 4 is 28.4 Å². The van der Waals surface area contributed by atoms with E-state index in [1.54, 1.807) is 0 Å². The Morgan fingerprint density at radius 2 is 2.08 bits per heavy atom. The summed E-state index contributed by atoms with van der Waals surface area (Å²) in [6.07, 6.45) is 0.431. The lowest BCUT2D eigenvalue weighted by Crippen LogP contribution is -2.39. The molecule has 1 heterocycles. The van der Waals surface area contributed by atoms with Crippen LogP contribution in [0.4, 0.5) is 9.93 Å². The van der Waals surface area contributed by atoms with Gasteiger partial charge in [0.2, 0.25) is 11.0 Å². The molecule has 128 valence electrons. The molecule has 2 aromatic rings. The molecule has 1 aromatic heterocycles. The quantitative estimate of drug-likeness (QED) is 0.665. The van der Waals surface area contributed by atoms with E-state index in [-0.39, 0.29) is 6.54 Å². The zero-order valence-electron chi connectivity index (χ0n) is 13.2. The van der Waals surface area contributed by atoms with Crippen LogP contribution in [-0.2, 0) is 11.2 Å². The number of nitrogens with one attached hydrogen (secondary N) is 2. The maximum Gasteiger partial charge on any atom is 0.321 e. The summed E-state index contributed by atoms with van der Waals surface area (Å²) in [4.78, 5) is 23.4. The minimum Gasteiger partial charge on any atom is -0.494 e. The second-order valence-electron chi connectivity index (χ2n) is 4.96. The summed E-state index contributed by atoms with van der Waals surface area (Å²) in [6.45, 7) is 2.64. The van der Waals surface area contributed by atoms with Gasteiger partial charge in [0.1, 0.15) is 11.3 Å². The highest BCUT2D eigenvalue weighted by Crippen LogP contribution is 2.15. The zero-order valence-corrected chi connectivity index (χ0v) is 14.0. The third-order valence-electron chi connectivity index (χ3n) is 3.21. The Labute approximate surface area is 143 Å². The van der Waals surface area contributed by atoms with Crippen molar-refractivity contribution in [1.29, 1.82) is 0 Å². The molecule has 4 N–H and O–H groups in total. The molecule has 9 heteroatoms. The van der Waals surface area contributed by atoms with Crippen molar-refractivity contribution in [3.05, 3.63) is 35.3 Å². The molecule has 24 heavy (non-hydrogen) atoms. The Hall–Kier alpha value is -2.68. The van der Waals surface area contributed by atoms with E-state index in [0.29, 0.717) is 18.2 Å². The van der Waals surface area contributed by atoms with Gasteiger partial charge in [-0.05, 0) is 31.0 Å². The van der Waals surface area contributed by atoms with Crippen LogP contribution < -0.4 is 21.1 Å². The van der Waals surface area contributed by atoms with Crippen molar-refractivity contribution in [2.45, 2.75) is 13.3 Å². The van der Waals surface area contributed by atoms with Gasteiger partial charge in [0, 0.05) is 6.54 Å². The summed E-state index contributed by atoms with van der Waals surface area (Å²) in [6, 6.07) is 6.98. The molecule has 0 spiro atoms. The third kappa shape index (κ3) is 5.51. The summed E-state index contributed by atoms with van der Waals surface area (Å²) < 4.78 is 5.38. The van der Waals surface area contributed by atoms with E-state index in [2.05, 4.69) is 20.8 Å². The number of primary amides is 1. The maximum absolute atomic E-state index is 11.8. The van der Waals surface area contributed by atoms with Gasteiger partial charge in [0.05, 0.1) is 12.5 Å². The van der Waals surface area contributed by atoms with Gasteiger partial charge in [-0.2, -0.15) is 0 Å². The summed E-state index contributed by atoms with van der Waals surface area (Å²) in [5, 5.41) is 12.8. The summed E-state index contributed by atoms with van der Waals surface area (Å²) >= 11 is 1.20. The molecular formula is C15H19N5O3S. The smallest absolute Gasteiger partial charge is 0.321 e. The monoisotopic (exact) mass is 349 g/mol. The lowest BCUT2D eigenvalue weighted by atomic mass is 9.98. The largest absolute Gasteiger partial charge is 0.494 e. The van der Waals surface area contributed by atoms with Crippen LogP contribution in [0.15, 0.2) is 29.8 Å². The number of amides is 3. The second-order valence-corrected chi connectivity index (χ2v) is 5.79. The van der Waals surface area contributed by atoms with Crippen LogP contribution in [0.25, 0.3) is 0 Å². The van der Waals surface area contributed by atoms with E-state index in [1.165, 1.54) is 16.8 Å². The molecule has 0 bridgehead atoms. The molecule has 0 aliphatic carbocycles. The van der Waals surface area contributed by atoms with Crippen LogP contribution in [0.2, 0.25) is 0 Å². The van der Waals surface area contributed by atoms with E-state index < -0.39 is 17.9 Å². The van der Waals surface area contributed by atoms with Crippen LogP contribution >= 0.6 is 11.3 Å². The third-order valence-corrected chi connectivity index (χ3v) is 3.82. The summed E-state index contributed by atoms with van der Waals surface area (Å²) in [5.74, 6) is -0.213. The molecule has 0 aliphatic heterocycles. The van der Waals surface area contributed by atoms with Crippen molar-refractivity contribution < 1.29 is 14.3 Å². The first kappa shape index (κ1) is 17.7. The molecule has 0 aliphatic rings. The predicted octanol–water partition coefficient (Wildman–Crippen LogP) is 1.40. The highest BCUT2D eigenvalue weighted by Gasteiger charge is 2.17. The molecule has 1 aromatic carbocycles. The number of ether oxygens (including phenoxy) is 1. The van der Waals surface area contributed by atoms with Crippen LogP contribution in [0, 0.1) is 5.92 Å². The van der Waals surface area contributed by atoms with E-state index in [4.69, 9.17) is 10.5 Å². The van der Waals surface area contributed by atoms with Gasteiger partial charge < -0.3 is 15.8 Å². The molecule has 1 atom stereocenters. The fraction of sp³-hybridized carbons (Fsp3) is 0.333. The van der Waals surface area contributed by atoms with Crippen molar-refractivity contribution in [3.63, 3.8) is 0 Å². The van der Waals surface area contributed by atoms with E-state index in [0.717, 1.165) is 11.3 Å². The predicted molar refractivity (Wildman–Crippen MR) is 90.9 cm³/mol. The number of anilines is 1. The molecule has 3 amide bonds. The maximum atomic E-state index is 11.8. The Morgan fingerprint density at radius 1 is 1.33 bits per heavy atom. The number of nitrogens with zero attached hydrogens (tertiary/aromatic N) is 2. The number of carbonyl (C=O) groups is 2. The van der Waals surface area contributed by atoms with E-state index in [9.17, 15) is 9.59 Å².